The van der Waals surface area contributed by atoms with Crippen molar-refractivity contribution in [3.05, 3.63) is 23.0 Å². The number of hydrogen-bond donors (Lipinski definition) is 0. The minimum absolute atomic E-state index is 0.420. The van der Waals surface area contributed by atoms with Crippen molar-refractivity contribution in [2.75, 3.05) is 0 Å². The highest BCUT2D eigenvalue weighted by Crippen LogP contribution is 2.31. The van der Waals surface area contributed by atoms with E-state index in [9.17, 15) is 0 Å². The minimum Gasteiger partial charge on any atom is -0.490 e. The largest absolute Gasteiger partial charge is 0.490 e. The van der Waals surface area contributed by atoms with E-state index < -0.39 is 0 Å². The second-order valence-electron chi connectivity index (χ2n) is 3.25. The average Bonchev–Trinajstić information content (AvgIpc) is 2.89. The molecule has 0 N–H and O–H groups in total. The molecule has 0 spiro atoms. The van der Waals surface area contributed by atoms with Gasteiger partial charge in [-0.15, -0.1) is 0 Å². The van der Waals surface area contributed by atoms with E-state index >= 15 is 0 Å². The van der Waals surface area contributed by atoms with Gasteiger partial charge < -0.3 is 4.74 Å². The molecule has 0 aliphatic heterocycles. The molecule has 0 radical (unpaired) electrons. The molecule has 70 valence electrons. The fourth-order valence-electron chi connectivity index (χ4n) is 1.25. The Morgan fingerprint density at radius 1 is 1.62 bits per heavy atom. The summed E-state index contributed by atoms with van der Waals surface area (Å²) in [6, 6.07) is 1.89. The molecule has 2 rings (SSSR count). The molecule has 0 amide bonds. The van der Waals surface area contributed by atoms with Crippen LogP contribution in [-0.4, -0.2) is 11.1 Å². The first-order valence-corrected chi connectivity index (χ1v) is 4.99. The van der Waals surface area contributed by atoms with Gasteiger partial charge in [0.15, 0.2) is 0 Å². The van der Waals surface area contributed by atoms with Gasteiger partial charge in [-0.1, -0.05) is 18.5 Å². The normalized spacial score (nSPS) is 15.8. The molecule has 0 unspecified atom stereocenters. The highest BCUT2D eigenvalue weighted by Gasteiger charge is 2.24. The second-order valence-corrected chi connectivity index (χ2v) is 3.61. The van der Waals surface area contributed by atoms with Gasteiger partial charge in [-0.05, 0) is 25.3 Å². The monoisotopic (exact) mass is 197 g/mol. The van der Waals surface area contributed by atoms with E-state index in [1.54, 1.807) is 6.20 Å². The number of hydrogen-bond acceptors (Lipinski definition) is 2. The van der Waals surface area contributed by atoms with E-state index in [1.807, 2.05) is 6.07 Å². The van der Waals surface area contributed by atoms with Crippen LogP contribution in [0.3, 0.4) is 0 Å². The Labute approximate surface area is 82.9 Å². The fourth-order valence-corrected chi connectivity index (χ4v) is 1.53. The first-order chi connectivity index (χ1) is 6.31. The van der Waals surface area contributed by atoms with Gasteiger partial charge in [-0.25, -0.2) is 4.98 Å². The lowest BCUT2D eigenvalue weighted by molar-refractivity contribution is 0.300. The highest BCUT2D eigenvalue weighted by atomic mass is 35.5. The lowest BCUT2D eigenvalue weighted by atomic mass is 10.2. The van der Waals surface area contributed by atoms with Gasteiger partial charge in [-0.2, -0.15) is 0 Å². The summed E-state index contributed by atoms with van der Waals surface area (Å²) in [6.45, 7) is 2.06. The van der Waals surface area contributed by atoms with Gasteiger partial charge in [0, 0.05) is 11.8 Å². The number of pyridine rings is 1. The molecule has 1 heterocycles. The molecule has 13 heavy (non-hydrogen) atoms. The van der Waals surface area contributed by atoms with Crippen LogP contribution >= 0.6 is 11.6 Å². The minimum atomic E-state index is 0.420. The van der Waals surface area contributed by atoms with Gasteiger partial charge >= 0.3 is 0 Å². The quantitative estimate of drug-likeness (QED) is 0.696. The zero-order chi connectivity index (χ0) is 9.26. The maximum atomic E-state index is 5.94. The zero-order valence-corrected chi connectivity index (χ0v) is 8.34. The number of aromatic nitrogens is 1. The topological polar surface area (TPSA) is 22.1 Å². The summed E-state index contributed by atoms with van der Waals surface area (Å²) >= 11 is 5.94. The molecule has 1 aliphatic carbocycles. The summed E-state index contributed by atoms with van der Waals surface area (Å²) in [7, 11) is 0. The molecule has 0 saturated heterocycles. The fraction of sp³-hybridized carbons (Fsp3) is 0.500. The van der Waals surface area contributed by atoms with Crippen LogP contribution in [0, 0.1) is 0 Å². The maximum absolute atomic E-state index is 5.94. The summed E-state index contributed by atoms with van der Waals surface area (Å²) in [5.41, 5.74) is 1.02. The average molecular weight is 198 g/mol. The van der Waals surface area contributed by atoms with E-state index in [4.69, 9.17) is 16.3 Å². The second kappa shape index (κ2) is 3.54. The third-order valence-electron chi connectivity index (χ3n) is 2.13. The van der Waals surface area contributed by atoms with E-state index in [0.717, 1.165) is 17.7 Å². The number of nitrogens with zero attached hydrogens (tertiary/aromatic N) is 1. The van der Waals surface area contributed by atoms with Crippen LogP contribution in [0.25, 0.3) is 0 Å². The summed E-state index contributed by atoms with van der Waals surface area (Å²) in [5.74, 6) is 0.907. The first-order valence-electron chi connectivity index (χ1n) is 4.61. The third kappa shape index (κ3) is 1.94. The Bertz CT molecular complexity index is 310. The molecule has 1 aromatic heterocycles. The lowest BCUT2D eigenvalue weighted by Gasteiger charge is -2.09. The van der Waals surface area contributed by atoms with Crippen molar-refractivity contribution in [1.29, 1.82) is 0 Å². The standard InChI is InChI=1S/C10H12ClNO/c1-2-8-9(13-7-3-4-7)5-6-12-10(8)11/h5-7H,2-4H2,1H3. The van der Waals surface area contributed by atoms with Crippen LogP contribution in [0.4, 0.5) is 0 Å². The van der Waals surface area contributed by atoms with Crippen molar-refractivity contribution < 1.29 is 4.74 Å². The van der Waals surface area contributed by atoms with Crippen molar-refractivity contribution in [1.82, 2.24) is 4.98 Å². The first kappa shape index (κ1) is 8.82. The third-order valence-corrected chi connectivity index (χ3v) is 2.46. The van der Waals surface area contributed by atoms with Crippen LogP contribution in [0.1, 0.15) is 25.3 Å². The SMILES string of the molecule is CCc1c(OC2CC2)ccnc1Cl. The molecule has 1 aliphatic rings. The van der Waals surface area contributed by atoms with E-state index in [2.05, 4.69) is 11.9 Å². The summed E-state index contributed by atoms with van der Waals surface area (Å²) in [6.07, 6.45) is 5.32. The van der Waals surface area contributed by atoms with Crippen molar-refractivity contribution in [3.63, 3.8) is 0 Å². The van der Waals surface area contributed by atoms with Crippen LogP contribution < -0.4 is 4.74 Å². The van der Waals surface area contributed by atoms with E-state index in [0.29, 0.717) is 11.3 Å². The van der Waals surface area contributed by atoms with Gasteiger partial charge in [0.2, 0.25) is 0 Å². The smallest absolute Gasteiger partial charge is 0.135 e. The molecular formula is C10H12ClNO. The Morgan fingerprint density at radius 3 is 3.00 bits per heavy atom. The molecule has 0 bridgehead atoms. The van der Waals surface area contributed by atoms with E-state index in [1.165, 1.54) is 12.8 Å². The molecule has 2 nitrogen and oxygen atoms in total. The number of rotatable bonds is 3. The van der Waals surface area contributed by atoms with Gasteiger partial charge in [0.1, 0.15) is 10.9 Å². The summed E-state index contributed by atoms with van der Waals surface area (Å²) < 4.78 is 5.70. The predicted molar refractivity (Wildman–Crippen MR) is 52.3 cm³/mol. The number of ether oxygens (including phenoxy) is 1. The van der Waals surface area contributed by atoms with E-state index in [-0.39, 0.29) is 0 Å². The van der Waals surface area contributed by atoms with Crippen LogP contribution in [0.15, 0.2) is 12.3 Å². The molecular weight excluding hydrogens is 186 g/mol. The van der Waals surface area contributed by atoms with Crippen molar-refractivity contribution in [2.24, 2.45) is 0 Å². The predicted octanol–water partition coefficient (Wildman–Crippen LogP) is 2.84. The maximum Gasteiger partial charge on any atom is 0.135 e. The zero-order valence-electron chi connectivity index (χ0n) is 7.59. The van der Waals surface area contributed by atoms with Crippen LogP contribution in [0.2, 0.25) is 5.15 Å². The molecule has 1 saturated carbocycles. The Hall–Kier alpha value is -0.760. The van der Waals surface area contributed by atoms with Crippen molar-refractivity contribution in [2.45, 2.75) is 32.3 Å². The molecule has 1 aromatic rings. The molecule has 0 aromatic carbocycles. The van der Waals surface area contributed by atoms with Crippen LogP contribution in [0.5, 0.6) is 5.75 Å². The van der Waals surface area contributed by atoms with Gasteiger partial charge in [-0.3, -0.25) is 0 Å². The Kier molecular flexibility index (Phi) is 2.40. The van der Waals surface area contributed by atoms with Gasteiger partial charge in [0.05, 0.1) is 6.10 Å². The van der Waals surface area contributed by atoms with Crippen molar-refractivity contribution in [3.8, 4) is 5.75 Å². The van der Waals surface area contributed by atoms with Crippen molar-refractivity contribution >= 4 is 11.6 Å². The molecule has 1 fully saturated rings. The molecule has 3 heteroatoms. The van der Waals surface area contributed by atoms with Crippen LogP contribution in [-0.2, 0) is 6.42 Å². The van der Waals surface area contributed by atoms with Gasteiger partial charge in [0.25, 0.3) is 0 Å². The lowest BCUT2D eigenvalue weighted by Crippen LogP contribution is -2.00. The number of halogens is 1. The summed E-state index contributed by atoms with van der Waals surface area (Å²) in [4.78, 5) is 4.02. The summed E-state index contributed by atoms with van der Waals surface area (Å²) in [5, 5.41) is 0.570. The highest BCUT2D eigenvalue weighted by molar-refractivity contribution is 6.30. The Morgan fingerprint density at radius 2 is 2.38 bits per heavy atom. The molecule has 0 atom stereocenters. The Balaban J connectivity index is 2.25.